The van der Waals surface area contributed by atoms with E-state index in [1.54, 1.807) is 55.5 Å². The molecule has 206 valence electrons. The Balaban J connectivity index is 1.53. The molecule has 0 aliphatic carbocycles. The number of hydrogen-bond donors (Lipinski definition) is 1. The minimum absolute atomic E-state index is 0.00935. The number of amides is 1. The third kappa shape index (κ3) is 5.38. The smallest absolute Gasteiger partial charge is 0.260 e. The molecular formula is C30H28F2N4O4. The lowest BCUT2D eigenvalue weighted by Crippen LogP contribution is -2.24. The molecule has 40 heavy (non-hydrogen) atoms. The standard InChI is InChI=1S/C30H28F2N4O4/c1-17(2)40-20-12-9-19(10-13-20)33-29-27-24(34-28(35-29)26-22(31)6-5-7-23(26)32)16-36(30(27)37)15-18-8-11-21(38-3)14-25(18)39-4/h5-14,17H,15-16H2,1-4H3,(H,33,34,35). The van der Waals surface area contributed by atoms with E-state index in [9.17, 15) is 13.6 Å². The largest absolute Gasteiger partial charge is 0.497 e. The molecular weight excluding hydrogens is 518 g/mol. The predicted molar refractivity (Wildman–Crippen MR) is 146 cm³/mol. The summed E-state index contributed by atoms with van der Waals surface area (Å²) in [5, 5.41) is 3.15. The lowest BCUT2D eigenvalue weighted by Gasteiger charge is -2.18. The third-order valence-corrected chi connectivity index (χ3v) is 6.36. The molecule has 1 amide bonds. The zero-order valence-corrected chi connectivity index (χ0v) is 22.5. The maximum atomic E-state index is 14.7. The fourth-order valence-electron chi connectivity index (χ4n) is 4.51. The van der Waals surface area contributed by atoms with Gasteiger partial charge in [0.05, 0.1) is 44.7 Å². The number of hydrogen-bond acceptors (Lipinski definition) is 7. The van der Waals surface area contributed by atoms with Gasteiger partial charge in [-0.15, -0.1) is 0 Å². The summed E-state index contributed by atoms with van der Waals surface area (Å²) in [4.78, 5) is 24.1. The van der Waals surface area contributed by atoms with Crippen LogP contribution in [0.3, 0.4) is 0 Å². The summed E-state index contributed by atoms with van der Waals surface area (Å²) in [6, 6.07) is 16.0. The first-order valence-corrected chi connectivity index (χ1v) is 12.7. The second-order valence-electron chi connectivity index (χ2n) is 9.47. The van der Waals surface area contributed by atoms with Crippen molar-refractivity contribution < 1.29 is 27.8 Å². The van der Waals surface area contributed by atoms with Crippen molar-refractivity contribution in [2.75, 3.05) is 19.5 Å². The summed E-state index contributed by atoms with van der Waals surface area (Å²) in [6.07, 6.45) is 0.00935. The number of ether oxygens (including phenoxy) is 3. The molecule has 0 saturated heterocycles. The molecule has 0 bridgehead atoms. The van der Waals surface area contributed by atoms with Crippen molar-refractivity contribution in [3.05, 3.63) is 89.1 Å². The van der Waals surface area contributed by atoms with Crippen LogP contribution in [0, 0.1) is 11.6 Å². The van der Waals surface area contributed by atoms with Gasteiger partial charge in [-0.1, -0.05) is 6.07 Å². The van der Waals surface area contributed by atoms with Crippen molar-refractivity contribution in [1.29, 1.82) is 0 Å². The molecule has 0 radical (unpaired) electrons. The minimum atomic E-state index is -0.801. The number of aromatic nitrogens is 2. The molecule has 0 spiro atoms. The lowest BCUT2D eigenvalue weighted by atomic mass is 10.1. The van der Waals surface area contributed by atoms with Crippen LogP contribution in [0.25, 0.3) is 11.4 Å². The average Bonchev–Trinajstić information content (AvgIpc) is 3.24. The van der Waals surface area contributed by atoms with Crippen LogP contribution in [-0.2, 0) is 13.1 Å². The molecule has 1 aliphatic heterocycles. The first kappa shape index (κ1) is 26.9. The second kappa shape index (κ2) is 11.2. The number of benzene rings is 3. The number of rotatable bonds is 9. The van der Waals surface area contributed by atoms with Crippen molar-refractivity contribution in [1.82, 2.24) is 14.9 Å². The molecule has 1 aromatic heterocycles. The number of carbonyl (C=O) groups is 1. The Morgan fingerprint density at radius 1 is 0.925 bits per heavy atom. The van der Waals surface area contributed by atoms with Gasteiger partial charge in [0.15, 0.2) is 5.82 Å². The fraction of sp³-hybridized carbons (Fsp3) is 0.233. The highest BCUT2D eigenvalue weighted by atomic mass is 19.1. The van der Waals surface area contributed by atoms with E-state index in [1.807, 2.05) is 19.9 Å². The highest BCUT2D eigenvalue weighted by molar-refractivity contribution is 6.03. The summed E-state index contributed by atoms with van der Waals surface area (Å²) in [7, 11) is 3.10. The Morgan fingerprint density at radius 3 is 2.27 bits per heavy atom. The molecule has 1 N–H and O–H groups in total. The molecule has 4 aromatic rings. The van der Waals surface area contributed by atoms with E-state index in [0.29, 0.717) is 28.6 Å². The Kier molecular flexibility index (Phi) is 7.50. The summed E-state index contributed by atoms with van der Waals surface area (Å²) in [6.45, 7) is 4.19. The third-order valence-electron chi connectivity index (χ3n) is 6.36. The average molecular weight is 547 g/mol. The van der Waals surface area contributed by atoms with Gasteiger partial charge in [-0.25, -0.2) is 18.7 Å². The van der Waals surface area contributed by atoms with Crippen LogP contribution in [0.4, 0.5) is 20.3 Å². The summed E-state index contributed by atoms with van der Waals surface area (Å²) in [5.41, 5.74) is 1.59. The van der Waals surface area contributed by atoms with Gasteiger partial charge in [0.25, 0.3) is 5.91 Å². The molecule has 3 aromatic carbocycles. The monoisotopic (exact) mass is 546 g/mol. The number of nitrogens with zero attached hydrogens (tertiary/aromatic N) is 3. The van der Waals surface area contributed by atoms with Crippen LogP contribution < -0.4 is 19.5 Å². The van der Waals surface area contributed by atoms with E-state index in [1.165, 1.54) is 6.07 Å². The number of carbonyl (C=O) groups excluding carboxylic acids is 1. The quantitative estimate of drug-likeness (QED) is 0.270. The van der Waals surface area contributed by atoms with Crippen molar-refractivity contribution in [2.45, 2.75) is 33.0 Å². The molecule has 5 rings (SSSR count). The molecule has 0 unspecified atom stereocenters. The first-order chi connectivity index (χ1) is 19.3. The molecule has 1 aliphatic rings. The fourth-order valence-corrected chi connectivity index (χ4v) is 4.51. The zero-order valence-electron chi connectivity index (χ0n) is 22.5. The van der Waals surface area contributed by atoms with Crippen molar-refractivity contribution in [2.24, 2.45) is 0 Å². The van der Waals surface area contributed by atoms with Gasteiger partial charge in [-0.05, 0) is 62.4 Å². The van der Waals surface area contributed by atoms with E-state index >= 15 is 0 Å². The number of methoxy groups -OCH3 is 2. The number of nitrogens with one attached hydrogen (secondary N) is 1. The maximum absolute atomic E-state index is 14.7. The molecule has 0 fully saturated rings. The molecule has 0 saturated carbocycles. The Labute approximate surface area is 230 Å². The van der Waals surface area contributed by atoms with E-state index in [0.717, 1.165) is 17.7 Å². The van der Waals surface area contributed by atoms with Crippen LogP contribution in [0.2, 0.25) is 0 Å². The van der Waals surface area contributed by atoms with Gasteiger partial charge in [0.1, 0.15) is 40.3 Å². The number of anilines is 2. The van der Waals surface area contributed by atoms with Gasteiger partial charge in [0, 0.05) is 17.3 Å². The highest BCUT2D eigenvalue weighted by Gasteiger charge is 2.34. The van der Waals surface area contributed by atoms with Crippen molar-refractivity contribution in [3.63, 3.8) is 0 Å². The summed E-state index contributed by atoms with van der Waals surface area (Å²) >= 11 is 0. The Morgan fingerprint density at radius 2 is 1.62 bits per heavy atom. The van der Waals surface area contributed by atoms with E-state index in [4.69, 9.17) is 14.2 Å². The zero-order chi connectivity index (χ0) is 28.4. The highest BCUT2D eigenvalue weighted by Crippen LogP contribution is 2.35. The van der Waals surface area contributed by atoms with E-state index in [2.05, 4.69) is 15.3 Å². The van der Waals surface area contributed by atoms with Crippen LogP contribution in [0.1, 0.15) is 35.5 Å². The Hall–Kier alpha value is -4.73. The first-order valence-electron chi connectivity index (χ1n) is 12.7. The molecule has 2 heterocycles. The van der Waals surface area contributed by atoms with Gasteiger partial charge in [-0.2, -0.15) is 0 Å². The number of halogens is 2. The van der Waals surface area contributed by atoms with Crippen molar-refractivity contribution in [3.8, 4) is 28.6 Å². The lowest BCUT2D eigenvalue weighted by molar-refractivity contribution is 0.0765. The van der Waals surface area contributed by atoms with Gasteiger partial charge in [0.2, 0.25) is 0 Å². The normalized spacial score (nSPS) is 12.5. The predicted octanol–water partition coefficient (Wildman–Crippen LogP) is 6.13. The van der Waals surface area contributed by atoms with Crippen LogP contribution in [0.5, 0.6) is 17.2 Å². The van der Waals surface area contributed by atoms with E-state index in [-0.39, 0.29) is 47.9 Å². The summed E-state index contributed by atoms with van der Waals surface area (Å²) in [5.74, 6) is -0.0761. The minimum Gasteiger partial charge on any atom is -0.497 e. The van der Waals surface area contributed by atoms with Crippen molar-refractivity contribution >= 4 is 17.4 Å². The molecule has 8 nitrogen and oxygen atoms in total. The SMILES string of the molecule is COc1ccc(CN2Cc3nc(-c4c(F)cccc4F)nc(Nc4ccc(OC(C)C)cc4)c3C2=O)c(OC)c1. The maximum Gasteiger partial charge on any atom is 0.260 e. The second-order valence-corrected chi connectivity index (χ2v) is 9.47. The van der Waals surface area contributed by atoms with E-state index < -0.39 is 11.6 Å². The van der Waals surface area contributed by atoms with Crippen LogP contribution >= 0.6 is 0 Å². The van der Waals surface area contributed by atoms with Gasteiger partial charge >= 0.3 is 0 Å². The van der Waals surface area contributed by atoms with Crippen LogP contribution in [0.15, 0.2) is 60.7 Å². The topological polar surface area (TPSA) is 85.8 Å². The van der Waals surface area contributed by atoms with Crippen LogP contribution in [-0.4, -0.2) is 41.1 Å². The molecule has 10 heteroatoms. The summed E-state index contributed by atoms with van der Waals surface area (Å²) < 4.78 is 45.9. The number of fused-ring (bicyclic) bond motifs is 1. The Bertz CT molecular complexity index is 1540. The van der Waals surface area contributed by atoms with Gasteiger partial charge in [-0.3, -0.25) is 4.79 Å². The van der Waals surface area contributed by atoms with Gasteiger partial charge < -0.3 is 24.4 Å². The molecule has 0 atom stereocenters.